The van der Waals surface area contributed by atoms with Gasteiger partial charge in [-0.15, -0.1) is 11.3 Å². The Bertz CT molecular complexity index is 1390. The molecule has 0 atom stereocenters. The van der Waals surface area contributed by atoms with Crippen LogP contribution in [0.1, 0.15) is 26.4 Å². The lowest BCUT2D eigenvalue weighted by Crippen LogP contribution is -2.51. The zero-order valence-corrected chi connectivity index (χ0v) is 21.2. The number of ketones is 1. The van der Waals surface area contributed by atoms with Gasteiger partial charge in [0.2, 0.25) is 5.91 Å². The topological polar surface area (TPSA) is 88.4 Å². The molecule has 4 aromatic rings. The largest absolute Gasteiger partial charge is 0.338 e. The summed E-state index contributed by atoms with van der Waals surface area (Å²) in [5, 5.41) is 7.13. The van der Waals surface area contributed by atoms with E-state index in [1.165, 1.54) is 11.3 Å². The molecule has 2 amide bonds. The van der Waals surface area contributed by atoms with E-state index in [9.17, 15) is 14.4 Å². The number of thiazole rings is 1. The fraction of sp³-hybridized carbons (Fsp3) is 0.240. The maximum atomic E-state index is 12.9. The van der Waals surface area contributed by atoms with Gasteiger partial charge in [0.15, 0.2) is 9.70 Å². The number of hydrogen-bond donors (Lipinski definition) is 0. The molecule has 0 unspecified atom stereocenters. The van der Waals surface area contributed by atoms with Crippen LogP contribution in [0.5, 0.6) is 0 Å². The molecule has 0 N–H and O–H groups in total. The molecule has 2 aromatic carbocycles. The predicted molar refractivity (Wildman–Crippen MR) is 137 cm³/mol. The van der Waals surface area contributed by atoms with Crippen LogP contribution in [-0.2, 0) is 17.8 Å². The van der Waals surface area contributed by atoms with E-state index < -0.39 is 0 Å². The van der Waals surface area contributed by atoms with Crippen molar-refractivity contribution in [2.45, 2.75) is 13.0 Å². The van der Waals surface area contributed by atoms with Gasteiger partial charge in [0.05, 0.1) is 5.52 Å². The van der Waals surface area contributed by atoms with Crippen LogP contribution < -0.4 is 0 Å². The number of rotatable bonds is 6. The van der Waals surface area contributed by atoms with E-state index in [0.29, 0.717) is 41.4 Å². The Morgan fingerprint density at radius 1 is 0.971 bits per heavy atom. The van der Waals surface area contributed by atoms with Gasteiger partial charge in [-0.1, -0.05) is 24.3 Å². The van der Waals surface area contributed by atoms with Crippen LogP contribution in [0.15, 0.2) is 64.0 Å². The Kier molecular flexibility index (Phi) is 6.74. The third-order valence-corrected chi connectivity index (χ3v) is 7.35. The first kappa shape index (κ1) is 23.4. The summed E-state index contributed by atoms with van der Waals surface area (Å²) in [7, 11) is 0. The number of Topliss-reactive ketones (excluding diaryl/α,β-unsaturated/α-hetero) is 1. The summed E-state index contributed by atoms with van der Waals surface area (Å²) in [6.45, 7) is 2.14. The second-order valence-electron chi connectivity index (χ2n) is 8.34. The van der Waals surface area contributed by atoms with Crippen molar-refractivity contribution < 1.29 is 14.4 Å². The molecule has 0 aliphatic carbocycles. The summed E-state index contributed by atoms with van der Waals surface area (Å²) in [4.78, 5) is 45.7. The monoisotopic (exact) mass is 551 g/mol. The zero-order chi connectivity index (χ0) is 24.4. The number of benzene rings is 2. The van der Waals surface area contributed by atoms with Gasteiger partial charge in [0.1, 0.15) is 12.2 Å². The normalized spacial score (nSPS) is 13.9. The van der Waals surface area contributed by atoms with Crippen LogP contribution in [-0.4, -0.2) is 68.3 Å². The van der Waals surface area contributed by atoms with Crippen molar-refractivity contribution >= 4 is 55.8 Å². The molecule has 2 aromatic heterocycles. The van der Waals surface area contributed by atoms with Gasteiger partial charge in [-0.05, 0) is 45.8 Å². The molecular formula is C25H22BrN5O3S. The fourth-order valence-electron chi connectivity index (χ4n) is 4.13. The Morgan fingerprint density at radius 2 is 1.71 bits per heavy atom. The lowest BCUT2D eigenvalue weighted by Gasteiger charge is -2.34. The number of carbonyl (C=O) groups is 3. The highest BCUT2D eigenvalue weighted by Crippen LogP contribution is 2.20. The maximum absolute atomic E-state index is 12.9. The molecule has 10 heteroatoms. The van der Waals surface area contributed by atoms with Gasteiger partial charge >= 0.3 is 0 Å². The van der Waals surface area contributed by atoms with Gasteiger partial charge in [0.25, 0.3) is 5.91 Å². The van der Waals surface area contributed by atoms with Gasteiger partial charge in [0, 0.05) is 55.1 Å². The Labute approximate surface area is 214 Å². The highest BCUT2D eigenvalue weighted by atomic mass is 79.9. The van der Waals surface area contributed by atoms with Gasteiger partial charge in [-0.25, -0.2) is 4.98 Å². The van der Waals surface area contributed by atoms with E-state index in [1.807, 2.05) is 54.7 Å². The molecule has 35 heavy (non-hydrogen) atoms. The summed E-state index contributed by atoms with van der Waals surface area (Å²) >= 11 is 4.67. The third-order valence-electron chi connectivity index (χ3n) is 5.98. The quantitative estimate of drug-likeness (QED) is 0.341. The molecule has 3 heterocycles. The second kappa shape index (κ2) is 10.1. The summed E-state index contributed by atoms with van der Waals surface area (Å²) < 4.78 is 2.32. The van der Waals surface area contributed by atoms with E-state index in [0.717, 1.165) is 16.5 Å². The van der Waals surface area contributed by atoms with Crippen molar-refractivity contribution in [1.29, 1.82) is 0 Å². The molecule has 5 rings (SSSR count). The zero-order valence-electron chi connectivity index (χ0n) is 18.8. The smallest absolute Gasteiger partial charge is 0.253 e. The molecule has 1 saturated heterocycles. The molecule has 0 radical (unpaired) electrons. The number of aromatic nitrogens is 3. The van der Waals surface area contributed by atoms with Crippen LogP contribution in [0.3, 0.4) is 0 Å². The van der Waals surface area contributed by atoms with E-state index >= 15 is 0 Å². The molecule has 0 saturated carbocycles. The number of hydrogen-bond acceptors (Lipinski definition) is 6. The number of carbonyl (C=O) groups excluding carboxylic acids is 3. The summed E-state index contributed by atoms with van der Waals surface area (Å²) in [6.07, 6.45) is 2.08. The van der Waals surface area contributed by atoms with Crippen molar-refractivity contribution in [3.05, 3.63) is 80.8 Å². The molecule has 8 nitrogen and oxygen atoms in total. The van der Waals surface area contributed by atoms with Crippen molar-refractivity contribution in [3.63, 3.8) is 0 Å². The number of nitrogens with zero attached hydrogens (tertiary/aromatic N) is 5. The Balaban J connectivity index is 1.18. The van der Waals surface area contributed by atoms with Crippen molar-refractivity contribution in [3.8, 4) is 0 Å². The first-order valence-electron chi connectivity index (χ1n) is 11.2. The van der Waals surface area contributed by atoms with E-state index in [-0.39, 0.29) is 30.6 Å². The van der Waals surface area contributed by atoms with Crippen LogP contribution >= 0.6 is 27.3 Å². The second-order valence-corrected chi connectivity index (χ2v) is 10.5. The van der Waals surface area contributed by atoms with Gasteiger partial charge in [-0.2, -0.15) is 5.10 Å². The summed E-state index contributed by atoms with van der Waals surface area (Å²) in [6, 6.07) is 14.9. The van der Waals surface area contributed by atoms with Crippen molar-refractivity contribution in [2.75, 3.05) is 26.2 Å². The maximum Gasteiger partial charge on any atom is 0.253 e. The first-order valence-corrected chi connectivity index (χ1v) is 12.9. The van der Waals surface area contributed by atoms with Crippen LogP contribution in [0.2, 0.25) is 0 Å². The van der Waals surface area contributed by atoms with Crippen LogP contribution in [0, 0.1) is 0 Å². The predicted octanol–water partition coefficient (Wildman–Crippen LogP) is 3.67. The molecule has 178 valence electrons. The van der Waals surface area contributed by atoms with Crippen molar-refractivity contribution in [1.82, 2.24) is 24.6 Å². The molecule has 0 bridgehead atoms. The van der Waals surface area contributed by atoms with Gasteiger partial charge < -0.3 is 9.80 Å². The molecule has 1 aliphatic rings. The lowest BCUT2D eigenvalue weighted by atomic mass is 10.1. The van der Waals surface area contributed by atoms with E-state index in [4.69, 9.17) is 0 Å². The van der Waals surface area contributed by atoms with Crippen LogP contribution in [0.4, 0.5) is 0 Å². The molecule has 1 aliphatic heterocycles. The third kappa shape index (κ3) is 5.33. The minimum Gasteiger partial charge on any atom is -0.338 e. The Morgan fingerprint density at radius 3 is 2.43 bits per heavy atom. The van der Waals surface area contributed by atoms with E-state index in [1.54, 1.807) is 19.9 Å². The molecular weight excluding hydrogens is 530 g/mol. The number of amides is 2. The summed E-state index contributed by atoms with van der Waals surface area (Å²) in [5.74, 6) is -0.0828. The SMILES string of the molecule is O=C(Cc1ccc2nn(CC(=O)N3CCN(C(=O)c4ccccc4)CC3)cc2c1)c1csc(Br)n1. The number of fused-ring (bicyclic) bond motifs is 1. The van der Waals surface area contributed by atoms with Crippen LogP contribution in [0.25, 0.3) is 10.9 Å². The van der Waals surface area contributed by atoms with E-state index in [2.05, 4.69) is 26.0 Å². The van der Waals surface area contributed by atoms with Crippen molar-refractivity contribution in [2.24, 2.45) is 0 Å². The average molecular weight is 552 g/mol. The standard InChI is InChI=1S/C25H22BrN5O3S/c26-25-27-21(16-35-25)22(32)13-17-6-7-20-19(12-17)14-31(28-20)15-23(33)29-8-10-30(11-9-29)24(34)18-4-2-1-3-5-18/h1-7,12,14,16H,8-11,13,15H2. The number of halogens is 1. The minimum atomic E-state index is -0.0428. The average Bonchev–Trinajstić information content (AvgIpc) is 3.49. The first-order chi connectivity index (χ1) is 17.0. The summed E-state index contributed by atoms with van der Waals surface area (Å²) in [5.41, 5.74) is 2.75. The highest BCUT2D eigenvalue weighted by Gasteiger charge is 2.25. The fourth-order valence-corrected chi connectivity index (χ4v) is 5.15. The lowest BCUT2D eigenvalue weighted by molar-refractivity contribution is -0.133. The highest BCUT2D eigenvalue weighted by molar-refractivity contribution is 9.11. The van der Waals surface area contributed by atoms with Gasteiger partial charge in [-0.3, -0.25) is 19.1 Å². The Hall–Kier alpha value is -3.37. The molecule has 1 fully saturated rings. The minimum absolute atomic E-state index is 0.00674. The number of piperazine rings is 1. The molecule has 0 spiro atoms.